The van der Waals surface area contributed by atoms with E-state index in [1.807, 2.05) is 24.3 Å². The zero-order valence-corrected chi connectivity index (χ0v) is 19.3. The molecule has 0 fully saturated rings. The van der Waals surface area contributed by atoms with Crippen molar-refractivity contribution in [1.82, 2.24) is 5.43 Å². The fourth-order valence-electron chi connectivity index (χ4n) is 4.84. The van der Waals surface area contributed by atoms with Crippen LogP contribution in [0, 0.1) is 0 Å². The van der Waals surface area contributed by atoms with Gasteiger partial charge in [-0.3, -0.25) is 4.79 Å². The Hall–Kier alpha value is -3.89. The maximum atomic E-state index is 12.7. The Morgan fingerprint density at radius 2 is 1.29 bits per heavy atom. The molecule has 1 amide bonds. The number of hydrogen-bond donors (Lipinski definition) is 1. The first-order chi connectivity index (χ1) is 16.8. The quantitative estimate of drug-likeness (QED) is 0.176. The number of carbonyl (C=O) groups is 1. The SMILES string of the molecule is O=C(CSC1c2ccccc2-c2ccccc21)N/N=C\c1c2ccccc2cc2ccccc12. The van der Waals surface area contributed by atoms with Crippen LogP contribution in [0.1, 0.15) is 21.9 Å². The van der Waals surface area contributed by atoms with Crippen LogP contribution in [0.3, 0.4) is 0 Å². The largest absolute Gasteiger partial charge is 0.272 e. The molecule has 3 nitrogen and oxygen atoms in total. The second-order valence-corrected chi connectivity index (χ2v) is 9.48. The number of nitrogens with zero attached hydrogens (tertiary/aromatic N) is 1. The van der Waals surface area contributed by atoms with Crippen molar-refractivity contribution in [3.63, 3.8) is 0 Å². The summed E-state index contributed by atoms with van der Waals surface area (Å²) >= 11 is 1.64. The third-order valence-corrected chi connectivity index (χ3v) is 7.62. The van der Waals surface area contributed by atoms with Crippen LogP contribution in [-0.4, -0.2) is 17.9 Å². The molecule has 1 aliphatic carbocycles. The number of hydrazone groups is 1. The van der Waals surface area contributed by atoms with Gasteiger partial charge in [-0.1, -0.05) is 97.1 Å². The first kappa shape index (κ1) is 20.7. The molecule has 4 heteroatoms. The van der Waals surface area contributed by atoms with Crippen molar-refractivity contribution in [2.75, 3.05) is 5.75 Å². The number of amides is 1. The Labute approximate surface area is 202 Å². The molecule has 1 N–H and O–H groups in total. The summed E-state index contributed by atoms with van der Waals surface area (Å²) in [4.78, 5) is 12.7. The van der Waals surface area contributed by atoms with Crippen molar-refractivity contribution in [1.29, 1.82) is 0 Å². The van der Waals surface area contributed by atoms with Crippen molar-refractivity contribution < 1.29 is 4.79 Å². The molecule has 6 rings (SSSR count). The number of carbonyl (C=O) groups excluding carboxylic acids is 1. The van der Waals surface area contributed by atoms with Gasteiger partial charge >= 0.3 is 0 Å². The topological polar surface area (TPSA) is 41.5 Å². The third-order valence-electron chi connectivity index (χ3n) is 6.35. The Bertz CT molecular complexity index is 1470. The molecule has 0 spiro atoms. The Balaban J connectivity index is 1.21. The van der Waals surface area contributed by atoms with Crippen LogP contribution in [0.25, 0.3) is 32.7 Å². The van der Waals surface area contributed by atoms with Gasteiger partial charge in [-0.2, -0.15) is 5.10 Å². The van der Waals surface area contributed by atoms with Crippen LogP contribution in [-0.2, 0) is 4.79 Å². The van der Waals surface area contributed by atoms with E-state index in [1.165, 1.54) is 22.3 Å². The minimum atomic E-state index is -0.104. The molecule has 5 aromatic rings. The molecule has 0 atom stereocenters. The summed E-state index contributed by atoms with van der Waals surface area (Å²) in [5, 5.41) is 9.04. The predicted octanol–water partition coefficient (Wildman–Crippen LogP) is 6.95. The van der Waals surface area contributed by atoms with Gasteiger partial charge < -0.3 is 0 Å². The monoisotopic (exact) mass is 458 g/mol. The van der Waals surface area contributed by atoms with Crippen LogP contribution < -0.4 is 5.43 Å². The lowest BCUT2D eigenvalue weighted by molar-refractivity contribution is -0.118. The highest BCUT2D eigenvalue weighted by Crippen LogP contribution is 2.49. The van der Waals surface area contributed by atoms with Gasteiger partial charge in [-0.05, 0) is 49.9 Å². The summed E-state index contributed by atoms with van der Waals surface area (Å²) in [6, 6.07) is 35.6. The van der Waals surface area contributed by atoms with Crippen LogP contribution in [0.5, 0.6) is 0 Å². The fraction of sp³-hybridized carbons (Fsp3) is 0.0667. The summed E-state index contributed by atoms with van der Waals surface area (Å²) in [7, 11) is 0. The lowest BCUT2D eigenvalue weighted by atomic mass is 9.97. The molecule has 0 aromatic heterocycles. The highest BCUT2D eigenvalue weighted by Gasteiger charge is 2.28. The minimum absolute atomic E-state index is 0.104. The highest BCUT2D eigenvalue weighted by atomic mass is 32.2. The lowest BCUT2D eigenvalue weighted by Gasteiger charge is -2.12. The van der Waals surface area contributed by atoms with E-state index in [9.17, 15) is 4.79 Å². The Morgan fingerprint density at radius 3 is 1.91 bits per heavy atom. The minimum Gasteiger partial charge on any atom is -0.272 e. The van der Waals surface area contributed by atoms with E-state index in [1.54, 1.807) is 18.0 Å². The van der Waals surface area contributed by atoms with Crippen LogP contribution >= 0.6 is 11.8 Å². The second-order valence-electron chi connectivity index (χ2n) is 8.39. The number of nitrogens with one attached hydrogen (secondary N) is 1. The van der Waals surface area contributed by atoms with Gasteiger partial charge in [-0.15, -0.1) is 11.8 Å². The molecule has 164 valence electrons. The first-order valence-electron chi connectivity index (χ1n) is 11.3. The van der Waals surface area contributed by atoms with E-state index >= 15 is 0 Å². The standard InChI is InChI=1S/C30H22N2OS/c33-29(19-34-30-26-15-7-5-13-24(26)25-14-6-8-16-27(25)30)32-31-18-28-22-11-3-1-9-20(22)17-21-10-2-4-12-23(21)28/h1-18,30H,19H2,(H,32,33)/b31-18-. The van der Waals surface area contributed by atoms with E-state index in [0.717, 1.165) is 27.1 Å². The van der Waals surface area contributed by atoms with Gasteiger partial charge in [0.05, 0.1) is 17.2 Å². The fourth-order valence-corrected chi connectivity index (χ4v) is 5.99. The molecule has 0 bridgehead atoms. The van der Waals surface area contributed by atoms with Crippen molar-refractivity contribution in [3.05, 3.63) is 120 Å². The molecule has 0 saturated heterocycles. The van der Waals surface area contributed by atoms with Gasteiger partial charge in [0.15, 0.2) is 0 Å². The number of hydrogen-bond acceptors (Lipinski definition) is 3. The van der Waals surface area contributed by atoms with Gasteiger partial charge in [0.25, 0.3) is 0 Å². The van der Waals surface area contributed by atoms with Crippen LogP contribution in [0.15, 0.2) is 108 Å². The molecule has 0 heterocycles. The zero-order valence-electron chi connectivity index (χ0n) is 18.4. The van der Waals surface area contributed by atoms with E-state index in [-0.39, 0.29) is 11.2 Å². The molecule has 5 aromatic carbocycles. The Morgan fingerprint density at radius 1 is 0.765 bits per heavy atom. The lowest BCUT2D eigenvalue weighted by Crippen LogP contribution is -2.20. The molecule has 34 heavy (non-hydrogen) atoms. The van der Waals surface area contributed by atoms with E-state index in [2.05, 4.69) is 89.4 Å². The molecular formula is C30H22N2OS. The molecule has 0 saturated carbocycles. The highest BCUT2D eigenvalue weighted by molar-refractivity contribution is 8.00. The van der Waals surface area contributed by atoms with Crippen molar-refractivity contribution in [3.8, 4) is 11.1 Å². The van der Waals surface area contributed by atoms with Crippen LogP contribution in [0.4, 0.5) is 0 Å². The maximum absolute atomic E-state index is 12.7. The number of fused-ring (bicyclic) bond motifs is 5. The number of benzene rings is 5. The summed E-state index contributed by atoms with van der Waals surface area (Å²) in [6.07, 6.45) is 1.77. The summed E-state index contributed by atoms with van der Waals surface area (Å²) in [6.45, 7) is 0. The third kappa shape index (κ3) is 3.66. The summed E-state index contributed by atoms with van der Waals surface area (Å²) in [5.41, 5.74) is 8.82. The summed E-state index contributed by atoms with van der Waals surface area (Å²) < 4.78 is 0. The Kier molecular flexibility index (Phi) is 5.36. The first-order valence-corrected chi connectivity index (χ1v) is 12.4. The molecular weight excluding hydrogens is 436 g/mol. The predicted molar refractivity (Wildman–Crippen MR) is 143 cm³/mol. The smallest absolute Gasteiger partial charge is 0.250 e. The zero-order chi connectivity index (χ0) is 22.9. The van der Waals surface area contributed by atoms with Crippen LogP contribution in [0.2, 0.25) is 0 Å². The van der Waals surface area contributed by atoms with Crippen molar-refractivity contribution in [2.24, 2.45) is 5.10 Å². The normalized spacial score (nSPS) is 12.8. The van der Waals surface area contributed by atoms with Gasteiger partial charge in [-0.25, -0.2) is 5.43 Å². The molecule has 0 unspecified atom stereocenters. The van der Waals surface area contributed by atoms with E-state index in [4.69, 9.17) is 0 Å². The van der Waals surface area contributed by atoms with Gasteiger partial charge in [0.2, 0.25) is 5.91 Å². The van der Waals surface area contributed by atoms with Gasteiger partial charge in [0.1, 0.15) is 0 Å². The second kappa shape index (κ2) is 8.81. The molecule has 0 aliphatic heterocycles. The van der Waals surface area contributed by atoms with E-state index in [0.29, 0.717) is 5.75 Å². The average molecular weight is 459 g/mol. The van der Waals surface area contributed by atoms with Crippen molar-refractivity contribution >= 4 is 45.4 Å². The van der Waals surface area contributed by atoms with Gasteiger partial charge in [0, 0.05) is 5.56 Å². The number of rotatable bonds is 5. The molecule has 0 radical (unpaired) electrons. The molecule has 1 aliphatic rings. The van der Waals surface area contributed by atoms with E-state index < -0.39 is 0 Å². The number of thioether (sulfide) groups is 1. The average Bonchev–Trinajstić information content (AvgIpc) is 3.21. The maximum Gasteiger partial charge on any atom is 0.250 e. The summed E-state index contributed by atoms with van der Waals surface area (Å²) in [5.74, 6) is 0.230. The van der Waals surface area contributed by atoms with Crippen molar-refractivity contribution in [2.45, 2.75) is 5.25 Å².